The van der Waals surface area contributed by atoms with Gasteiger partial charge < -0.3 is 9.47 Å². The second kappa shape index (κ2) is 12.5. The molecule has 1 unspecified atom stereocenters. The van der Waals surface area contributed by atoms with E-state index in [1.54, 1.807) is 12.3 Å². The third-order valence-corrected chi connectivity index (χ3v) is 8.37. The van der Waals surface area contributed by atoms with E-state index in [9.17, 15) is 13.2 Å². The van der Waals surface area contributed by atoms with E-state index in [2.05, 4.69) is 36.3 Å². The Bertz CT molecular complexity index is 1430. The van der Waals surface area contributed by atoms with E-state index in [0.29, 0.717) is 11.7 Å². The van der Waals surface area contributed by atoms with Gasteiger partial charge in [-0.1, -0.05) is 56.7 Å². The minimum absolute atomic E-state index is 0.0482. The van der Waals surface area contributed by atoms with Gasteiger partial charge in [-0.2, -0.15) is 0 Å². The number of pyridine rings is 1. The highest BCUT2D eigenvalue weighted by atomic mass is 32.2. The molecule has 1 atom stereocenters. The number of aromatic nitrogens is 1. The molecular weight excluding hydrogens is 524 g/mol. The predicted molar refractivity (Wildman–Crippen MR) is 157 cm³/mol. The number of esters is 1. The van der Waals surface area contributed by atoms with Crippen LogP contribution in [0.4, 0.5) is 0 Å². The van der Waals surface area contributed by atoms with Gasteiger partial charge in [0.1, 0.15) is 17.2 Å². The number of ether oxygens (including phenoxy) is 2. The quantitative estimate of drug-likeness (QED) is 0.238. The van der Waals surface area contributed by atoms with Crippen molar-refractivity contribution in [2.75, 3.05) is 12.5 Å². The van der Waals surface area contributed by atoms with Gasteiger partial charge in [-0.15, -0.1) is 0 Å². The van der Waals surface area contributed by atoms with Crippen LogP contribution in [0.2, 0.25) is 0 Å². The molecule has 1 N–H and O–H groups in total. The van der Waals surface area contributed by atoms with Crippen LogP contribution in [0, 0.1) is 0 Å². The molecule has 214 valence electrons. The van der Waals surface area contributed by atoms with E-state index < -0.39 is 21.4 Å². The maximum absolute atomic E-state index is 13.2. The Hall–Kier alpha value is -3.23. The fourth-order valence-electron chi connectivity index (χ4n) is 4.93. The Balaban J connectivity index is 1.45. The van der Waals surface area contributed by atoms with Crippen molar-refractivity contribution < 1.29 is 22.7 Å². The summed E-state index contributed by atoms with van der Waals surface area (Å²) >= 11 is 0. The van der Waals surface area contributed by atoms with E-state index in [4.69, 9.17) is 9.47 Å². The molecule has 40 heavy (non-hydrogen) atoms. The first-order valence-corrected chi connectivity index (χ1v) is 15.6. The van der Waals surface area contributed by atoms with Crippen LogP contribution in [0.25, 0.3) is 11.1 Å². The van der Waals surface area contributed by atoms with Crippen LogP contribution in [0.1, 0.15) is 82.5 Å². The highest BCUT2D eigenvalue weighted by Gasteiger charge is 2.25. The SMILES string of the molecule is CC(C)c1cccc(-c2ccc(S(=O)(=O)CNC3CCCCc4c(OCC(=O)OC(C)(C)C)cccc43)nc2)c1. The molecule has 0 radical (unpaired) electrons. The van der Waals surface area contributed by atoms with Crippen LogP contribution < -0.4 is 10.1 Å². The Morgan fingerprint density at radius 2 is 1.82 bits per heavy atom. The number of carbonyl (C=O) groups excluding carboxylic acids is 1. The van der Waals surface area contributed by atoms with Crippen molar-refractivity contribution in [3.8, 4) is 16.9 Å². The Morgan fingerprint density at radius 1 is 1.05 bits per heavy atom. The molecule has 0 fully saturated rings. The van der Waals surface area contributed by atoms with Gasteiger partial charge in [-0.25, -0.2) is 18.2 Å². The maximum Gasteiger partial charge on any atom is 0.344 e. The summed E-state index contributed by atoms with van der Waals surface area (Å²) in [5.74, 6) is 0.389. The van der Waals surface area contributed by atoms with Gasteiger partial charge in [0, 0.05) is 17.8 Å². The summed E-state index contributed by atoms with van der Waals surface area (Å²) in [6.45, 7) is 9.57. The third kappa shape index (κ3) is 7.70. The summed E-state index contributed by atoms with van der Waals surface area (Å²) in [6.07, 6.45) is 5.12. The Kier molecular flexibility index (Phi) is 9.31. The number of rotatable bonds is 9. The number of carbonyl (C=O) groups is 1. The van der Waals surface area contributed by atoms with E-state index in [1.165, 1.54) is 5.56 Å². The zero-order valence-corrected chi connectivity index (χ0v) is 24.9. The van der Waals surface area contributed by atoms with Crippen LogP contribution in [0.15, 0.2) is 65.8 Å². The van der Waals surface area contributed by atoms with Gasteiger partial charge in [0.2, 0.25) is 9.84 Å². The minimum atomic E-state index is -3.66. The van der Waals surface area contributed by atoms with E-state index >= 15 is 0 Å². The van der Waals surface area contributed by atoms with Gasteiger partial charge >= 0.3 is 5.97 Å². The lowest BCUT2D eigenvalue weighted by atomic mass is 9.98. The van der Waals surface area contributed by atoms with Crippen molar-refractivity contribution in [1.29, 1.82) is 0 Å². The molecule has 0 bridgehead atoms. The maximum atomic E-state index is 13.2. The predicted octanol–water partition coefficient (Wildman–Crippen LogP) is 6.38. The second-order valence-corrected chi connectivity index (χ2v) is 13.6. The van der Waals surface area contributed by atoms with Crippen LogP contribution in [0.3, 0.4) is 0 Å². The summed E-state index contributed by atoms with van der Waals surface area (Å²) < 4.78 is 37.7. The number of nitrogens with one attached hydrogen (secondary N) is 1. The Morgan fingerprint density at radius 3 is 2.52 bits per heavy atom. The van der Waals surface area contributed by atoms with Crippen molar-refractivity contribution in [3.63, 3.8) is 0 Å². The molecule has 1 aromatic heterocycles. The molecule has 3 aromatic rings. The molecule has 0 saturated heterocycles. The molecule has 0 amide bonds. The molecule has 4 rings (SSSR count). The first-order chi connectivity index (χ1) is 18.9. The smallest absolute Gasteiger partial charge is 0.344 e. The summed E-state index contributed by atoms with van der Waals surface area (Å²) in [4.78, 5) is 16.5. The van der Waals surface area contributed by atoms with Crippen molar-refractivity contribution >= 4 is 15.8 Å². The fraction of sp³-hybridized carbons (Fsp3) is 0.438. The topological polar surface area (TPSA) is 94.6 Å². The van der Waals surface area contributed by atoms with Crippen LogP contribution in [-0.2, 0) is 25.8 Å². The number of hydrogen-bond acceptors (Lipinski definition) is 7. The van der Waals surface area contributed by atoms with E-state index in [1.807, 2.05) is 57.2 Å². The summed E-state index contributed by atoms with van der Waals surface area (Å²) in [5, 5.41) is 3.32. The molecule has 0 aliphatic heterocycles. The van der Waals surface area contributed by atoms with E-state index in [0.717, 1.165) is 47.9 Å². The molecule has 1 heterocycles. The minimum Gasteiger partial charge on any atom is -0.482 e. The zero-order valence-electron chi connectivity index (χ0n) is 24.1. The summed E-state index contributed by atoms with van der Waals surface area (Å²) in [6, 6.07) is 17.2. The monoisotopic (exact) mass is 564 g/mol. The lowest BCUT2D eigenvalue weighted by molar-refractivity contribution is -0.157. The van der Waals surface area contributed by atoms with Gasteiger partial charge in [0.15, 0.2) is 11.6 Å². The number of sulfone groups is 1. The molecule has 2 aromatic carbocycles. The number of nitrogens with zero attached hydrogens (tertiary/aromatic N) is 1. The number of benzene rings is 2. The second-order valence-electron chi connectivity index (χ2n) is 11.6. The highest BCUT2D eigenvalue weighted by molar-refractivity contribution is 7.91. The van der Waals surface area contributed by atoms with Crippen molar-refractivity contribution in [2.24, 2.45) is 0 Å². The fourth-order valence-corrected chi connectivity index (χ4v) is 5.99. The van der Waals surface area contributed by atoms with Crippen molar-refractivity contribution in [3.05, 3.63) is 77.5 Å². The molecule has 0 saturated carbocycles. The first kappa shape index (κ1) is 29.7. The number of fused-ring (bicyclic) bond motifs is 1. The van der Waals surface area contributed by atoms with Gasteiger partial charge in [0.05, 0.1) is 0 Å². The lowest BCUT2D eigenvalue weighted by Crippen LogP contribution is -2.29. The normalized spacial score (nSPS) is 15.8. The van der Waals surface area contributed by atoms with Crippen molar-refractivity contribution in [1.82, 2.24) is 10.3 Å². The first-order valence-electron chi connectivity index (χ1n) is 13.9. The van der Waals surface area contributed by atoms with E-state index in [-0.39, 0.29) is 23.6 Å². The van der Waals surface area contributed by atoms with Gasteiger partial charge in [0.25, 0.3) is 0 Å². The van der Waals surface area contributed by atoms with Gasteiger partial charge in [-0.3, -0.25) is 5.32 Å². The lowest BCUT2D eigenvalue weighted by Gasteiger charge is -2.22. The summed E-state index contributed by atoms with van der Waals surface area (Å²) in [7, 11) is -3.66. The summed E-state index contributed by atoms with van der Waals surface area (Å²) in [5.41, 5.74) is 4.54. The Labute approximate surface area is 238 Å². The largest absolute Gasteiger partial charge is 0.482 e. The van der Waals surface area contributed by atoms with Crippen LogP contribution in [0.5, 0.6) is 5.75 Å². The average Bonchev–Trinajstić information content (AvgIpc) is 3.12. The molecule has 1 aliphatic rings. The molecule has 7 nitrogen and oxygen atoms in total. The van der Waals surface area contributed by atoms with Crippen molar-refractivity contribution in [2.45, 2.75) is 82.9 Å². The molecular formula is C32H40N2O5S. The molecule has 8 heteroatoms. The third-order valence-electron chi connectivity index (χ3n) is 6.94. The standard InChI is InChI=1S/C32H40N2O5S/c1-22(2)23-10-8-11-24(18-23)25-16-17-30(33-19-25)40(36,37)21-34-28-14-7-6-12-27-26(28)13-9-15-29(27)38-20-31(35)39-32(3,4)5/h8-11,13,15-19,22,28,34H,6-7,12,14,20-21H2,1-5H3. The van der Waals surface area contributed by atoms with Gasteiger partial charge in [-0.05, 0) is 86.4 Å². The zero-order chi connectivity index (χ0) is 28.9. The number of hydrogen-bond donors (Lipinski definition) is 1. The molecule has 1 aliphatic carbocycles. The van der Waals surface area contributed by atoms with Crippen LogP contribution >= 0.6 is 0 Å². The highest BCUT2D eigenvalue weighted by Crippen LogP contribution is 2.34. The average molecular weight is 565 g/mol. The molecule has 0 spiro atoms. The van der Waals surface area contributed by atoms with Crippen LogP contribution in [-0.4, -0.2) is 37.5 Å².